The van der Waals surface area contributed by atoms with Crippen LogP contribution in [0.4, 0.5) is 10.5 Å². The Labute approximate surface area is 133 Å². The number of carbonyl (C=O) groups excluding carboxylic acids is 2. The van der Waals surface area contributed by atoms with Crippen molar-refractivity contribution in [3.8, 4) is 0 Å². The van der Waals surface area contributed by atoms with Crippen molar-refractivity contribution in [2.24, 2.45) is 0 Å². The summed E-state index contributed by atoms with van der Waals surface area (Å²) < 4.78 is 0. The van der Waals surface area contributed by atoms with Crippen LogP contribution in [0, 0.1) is 6.92 Å². The molecule has 1 saturated heterocycles. The smallest absolute Gasteiger partial charge is 0.302 e. The summed E-state index contributed by atoms with van der Waals surface area (Å²) in [5, 5.41) is 3.15. The monoisotopic (exact) mass is 312 g/mol. The second-order valence-electron chi connectivity index (χ2n) is 5.02. The predicted octanol–water partition coefficient (Wildman–Crippen LogP) is 3.75. The molecule has 1 aliphatic rings. The number of amides is 3. The number of nitrogens with one attached hydrogen (secondary N) is 1. The van der Waals surface area contributed by atoms with E-state index < -0.39 is 6.03 Å². The maximum atomic E-state index is 12.4. The topological polar surface area (TPSA) is 49.4 Å². The fraction of sp³-hybridized carbons (Fsp3) is 0.0588. The zero-order valence-corrected chi connectivity index (χ0v) is 12.6. The zero-order chi connectivity index (χ0) is 15.7. The molecule has 0 aliphatic carbocycles. The number of urea groups is 1. The van der Waals surface area contributed by atoms with Gasteiger partial charge in [0.15, 0.2) is 0 Å². The van der Waals surface area contributed by atoms with Crippen molar-refractivity contribution in [3.63, 3.8) is 0 Å². The fourth-order valence-electron chi connectivity index (χ4n) is 2.29. The van der Waals surface area contributed by atoms with Crippen molar-refractivity contribution in [2.75, 3.05) is 4.90 Å². The van der Waals surface area contributed by atoms with Gasteiger partial charge in [0.05, 0.1) is 5.69 Å². The lowest BCUT2D eigenvalue weighted by molar-refractivity contribution is -0.113. The van der Waals surface area contributed by atoms with Gasteiger partial charge in [0.1, 0.15) is 5.70 Å². The van der Waals surface area contributed by atoms with Crippen LogP contribution in [0.15, 0.2) is 54.2 Å². The molecule has 0 aromatic heterocycles. The molecule has 3 rings (SSSR count). The third kappa shape index (κ3) is 2.73. The standard InChI is InChI=1S/C17H13ClN2O2/c1-11-3-2-4-12(9-11)10-15-16(21)20(17(22)19-15)14-7-5-13(18)6-8-14/h2-10H,1H3,(H,19,22)/b15-10+. The van der Waals surface area contributed by atoms with Crippen LogP contribution in [0.2, 0.25) is 5.02 Å². The van der Waals surface area contributed by atoms with Crippen LogP contribution < -0.4 is 10.2 Å². The molecule has 4 nitrogen and oxygen atoms in total. The number of benzene rings is 2. The Hall–Kier alpha value is -2.59. The maximum Gasteiger partial charge on any atom is 0.333 e. The summed E-state index contributed by atoms with van der Waals surface area (Å²) in [6, 6.07) is 13.8. The van der Waals surface area contributed by atoms with Gasteiger partial charge in [-0.3, -0.25) is 4.79 Å². The van der Waals surface area contributed by atoms with Gasteiger partial charge in [0, 0.05) is 5.02 Å². The Bertz CT molecular complexity index is 782. The molecule has 0 spiro atoms. The molecule has 0 atom stereocenters. The van der Waals surface area contributed by atoms with Crippen LogP contribution >= 0.6 is 11.6 Å². The highest BCUT2D eigenvalue weighted by atomic mass is 35.5. The first-order chi connectivity index (χ1) is 10.5. The Kier molecular flexibility index (Phi) is 3.69. The van der Waals surface area contributed by atoms with E-state index in [0.717, 1.165) is 16.0 Å². The van der Waals surface area contributed by atoms with E-state index >= 15 is 0 Å². The zero-order valence-electron chi connectivity index (χ0n) is 11.8. The number of halogens is 1. The number of aryl methyl sites for hydroxylation is 1. The number of imide groups is 1. The molecule has 0 radical (unpaired) electrons. The molecule has 1 aliphatic heterocycles. The van der Waals surface area contributed by atoms with Crippen LogP contribution in [0.5, 0.6) is 0 Å². The second-order valence-corrected chi connectivity index (χ2v) is 5.46. The lowest BCUT2D eigenvalue weighted by Crippen LogP contribution is -2.30. The summed E-state index contributed by atoms with van der Waals surface area (Å²) in [6.45, 7) is 1.97. The van der Waals surface area contributed by atoms with Crippen molar-refractivity contribution in [1.82, 2.24) is 5.32 Å². The van der Waals surface area contributed by atoms with Gasteiger partial charge in [-0.15, -0.1) is 0 Å². The molecular formula is C17H13ClN2O2. The average molecular weight is 313 g/mol. The van der Waals surface area contributed by atoms with Crippen molar-refractivity contribution in [1.29, 1.82) is 0 Å². The highest BCUT2D eigenvalue weighted by Crippen LogP contribution is 2.24. The summed E-state index contributed by atoms with van der Waals surface area (Å²) in [7, 11) is 0. The van der Waals surface area contributed by atoms with Crippen LogP contribution in [-0.2, 0) is 4.79 Å². The van der Waals surface area contributed by atoms with E-state index in [-0.39, 0.29) is 11.6 Å². The van der Waals surface area contributed by atoms with Gasteiger partial charge in [-0.2, -0.15) is 0 Å². The molecule has 0 bridgehead atoms. The molecule has 0 saturated carbocycles. The van der Waals surface area contributed by atoms with E-state index in [1.54, 1.807) is 30.3 Å². The minimum Gasteiger partial charge on any atom is -0.302 e. The van der Waals surface area contributed by atoms with Gasteiger partial charge in [0.2, 0.25) is 0 Å². The van der Waals surface area contributed by atoms with Gasteiger partial charge >= 0.3 is 6.03 Å². The van der Waals surface area contributed by atoms with Gasteiger partial charge in [-0.1, -0.05) is 41.4 Å². The molecule has 0 unspecified atom stereocenters. The first-order valence-corrected chi connectivity index (χ1v) is 7.12. The fourth-order valence-corrected chi connectivity index (χ4v) is 2.41. The van der Waals surface area contributed by atoms with Gasteiger partial charge in [-0.25, -0.2) is 9.69 Å². The van der Waals surface area contributed by atoms with E-state index in [1.807, 2.05) is 31.2 Å². The molecule has 1 fully saturated rings. The van der Waals surface area contributed by atoms with Gasteiger partial charge in [0.25, 0.3) is 5.91 Å². The average Bonchev–Trinajstić information content (AvgIpc) is 2.75. The number of anilines is 1. The normalized spacial score (nSPS) is 16.3. The van der Waals surface area contributed by atoms with Crippen molar-refractivity contribution >= 4 is 35.3 Å². The van der Waals surface area contributed by atoms with Crippen molar-refractivity contribution in [2.45, 2.75) is 6.92 Å². The number of hydrogen-bond donors (Lipinski definition) is 1. The Morgan fingerprint density at radius 3 is 2.50 bits per heavy atom. The first-order valence-electron chi connectivity index (χ1n) is 6.74. The Morgan fingerprint density at radius 2 is 1.82 bits per heavy atom. The van der Waals surface area contributed by atoms with E-state index in [0.29, 0.717) is 10.7 Å². The number of carbonyl (C=O) groups is 2. The summed E-state index contributed by atoms with van der Waals surface area (Å²) in [6.07, 6.45) is 1.67. The predicted molar refractivity (Wildman–Crippen MR) is 86.6 cm³/mol. The first kappa shape index (κ1) is 14.4. The van der Waals surface area contributed by atoms with E-state index in [2.05, 4.69) is 5.32 Å². The lowest BCUT2D eigenvalue weighted by Gasteiger charge is -2.11. The highest BCUT2D eigenvalue weighted by Gasteiger charge is 2.34. The minimum absolute atomic E-state index is 0.255. The van der Waals surface area contributed by atoms with Gasteiger partial charge < -0.3 is 5.32 Å². The van der Waals surface area contributed by atoms with Crippen LogP contribution in [0.1, 0.15) is 11.1 Å². The molecule has 2 aromatic carbocycles. The third-order valence-electron chi connectivity index (χ3n) is 3.32. The number of hydrogen-bond acceptors (Lipinski definition) is 2. The summed E-state index contributed by atoms with van der Waals surface area (Å²) in [5.74, 6) is -0.381. The quantitative estimate of drug-likeness (QED) is 0.678. The van der Waals surface area contributed by atoms with Gasteiger partial charge in [-0.05, 0) is 42.8 Å². The molecule has 1 heterocycles. The summed E-state index contributed by atoms with van der Waals surface area (Å²) >= 11 is 5.83. The van der Waals surface area contributed by atoms with Crippen molar-refractivity contribution in [3.05, 3.63) is 70.4 Å². The number of nitrogens with zero attached hydrogens (tertiary/aromatic N) is 1. The Balaban J connectivity index is 1.93. The molecule has 3 amide bonds. The lowest BCUT2D eigenvalue weighted by atomic mass is 10.1. The van der Waals surface area contributed by atoms with Crippen molar-refractivity contribution < 1.29 is 9.59 Å². The molecule has 2 aromatic rings. The molecule has 1 N–H and O–H groups in total. The van der Waals surface area contributed by atoms with E-state index in [9.17, 15) is 9.59 Å². The van der Waals surface area contributed by atoms with E-state index in [4.69, 9.17) is 11.6 Å². The molecular weight excluding hydrogens is 300 g/mol. The maximum absolute atomic E-state index is 12.4. The van der Waals surface area contributed by atoms with Crippen LogP contribution in [0.3, 0.4) is 0 Å². The minimum atomic E-state index is -0.466. The third-order valence-corrected chi connectivity index (χ3v) is 3.57. The van der Waals surface area contributed by atoms with Crippen LogP contribution in [-0.4, -0.2) is 11.9 Å². The van der Waals surface area contributed by atoms with E-state index in [1.165, 1.54) is 0 Å². The highest BCUT2D eigenvalue weighted by molar-refractivity contribution is 6.31. The Morgan fingerprint density at radius 1 is 1.09 bits per heavy atom. The molecule has 110 valence electrons. The number of rotatable bonds is 2. The SMILES string of the molecule is Cc1cccc(/C=C2/NC(=O)N(c3ccc(Cl)cc3)C2=O)c1. The summed E-state index contributed by atoms with van der Waals surface area (Å²) in [5.41, 5.74) is 2.69. The molecule has 5 heteroatoms. The van der Waals surface area contributed by atoms with Crippen LogP contribution in [0.25, 0.3) is 6.08 Å². The largest absolute Gasteiger partial charge is 0.333 e. The molecule has 22 heavy (non-hydrogen) atoms. The second kappa shape index (κ2) is 5.66. The summed E-state index contributed by atoms with van der Waals surface area (Å²) in [4.78, 5) is 25.6.